The lowest BCUT2D eigenvalue weighted by molar-refractivity contribution is 0.411. The Kier molecular flexibility index (Phi) is 7.28. The largest absolute Gasteiger partial charge is 0.496 e. The zero-order valence-electron chi connectivity index (χ0n) is 22.5. The summed E-state index contributed by atoms with van der Waals surface area (Å²) in [5.74, 6) is 1.59. The van der Waals surface area contributed by atoms with Crippen LogP contribution in [0, 0.1) is 18.2 Å². The maximum absolute atomic E-state index is 14.7. The first-order chi connectivity index (χ1) is 18.8. The summed E-state index contributed by atoms with van der Waals surface area (Å²) in [6.07, 6.45) is 5.11. The summed E-state index contributed by atoms with van der Waals surface area (Å²) in [5.41, 5.74) is 2.24. The first-order valence-electron chi connectivity index (χ1n) is 13.1. The van der Waals surface area contributed by atoms with Crippen LogP contribution < -0.4 is 20.9 Å². The average Bonchev–Trinajstić information content (AvgIpc) is 3.46. The lowest BCUT2D eigenvalue weighted by Gasteiger charge is -2.25. The number of nitrogens with one attached hydrogen (secondary N) is 3. The van der Waals surface area contributed by atoms with Gasteiger partial charge in [-0.1, -0.05) is 18.9 Å². The van der Waals surface area contributed by atoms with E-state index in [9.17, 15) is 9.18 Å². The van der Waals surface area contributed by atoms with E-state index in [4.69, 9.17) is 15.1 Å². The van der Waals surface area contributed by atoms with Crippen molar-refractivity contribution < 1.29 is 9.13 Å². The Morgan fingerprint density at radius 1 is 1.18 bits per heavy atom. The molecular formula is C29H32FN7O2. The van der Waals surface area contributed by atoms with Crippen LogP contribution in [0.5, 0.6) is 5.75 Å². The molecule has 39 heavy (non-hydrogen) atoms. The van der Waals surface area contributed by atoms with Gasteiger partial charge in [0.1, 0.15) is 40.7 Å². The standard InChI is InChI=1S/C29H32FN7O2/c1-16-14-18(12-13-22(16)39-4)25(31)24-26(32-3)33-15-34-27(24)35-17(2)28-36-21-11-7-10-20(30)23(21)29(38)37(28)19-8-5-6-9-19/h7,10-15,17,19,31H,5-6,8-9H2,1-4H3,(H2,32,33,34,35). The molecule has 2 aromatic heterocycles. The molecular weight excluding hydrogens is 497 g/mol. The molecule has 0 radical (unpaired) electrons. The molecule has 0 saturated heterocycles. The number of benzene rings is 2. The molecule has 2 aromatic carbocycles. The zero-order valence-corrected chi connectivity index (χ0v) is 22.5. The molecule has 1 aliphatic rings. The van der Waals surface area contributed by atoms with Crippen molar-refractivity contribution in [3.05, 3.63) is 81.4 Å². The third-order valence-electron chi connectivity index (χ3n) is 7.35. The van der Waals surface area contributed by atoms with Crippen molar-refractivity contribution in [1.29, 1.82) is 5.41 Å². The zero-order chi connectivity index (χ0) is 27.7. The van der Waals surface area contributed by atoms with Crippen LogP contribution in [0.15, 0.2) is 47.5 Å². The normalized spacial score (nSPS) is 14.4. The Balaban J connectivity index is 1.60. The molecule has 1 atom stereocenters. The predicted octanol–water partition coefficient (Wildman–Crippen LogP) is 5.39. The summed E-state index contributed by atoms with van der Waals surface area (Å²) < 4.78 is 21.8. The van der Waals surface area contributed by atoms with Crippen LogP contribution in [0.1, 0.15) is 67.2 Å². The molecule has 2 heterocycles. The highest BCUT2D eigenvalue weighted by Gasteiger charge is 2.27. The average molecular weight is 530 g/mol. The number of methoxy groups -OCH3 is 1. The Bertz CT molecular complexity index is 1610. The summed E-state index contributed by atoms with van der Waals surface area (Å²) in [7, 11) is 3.35. The highest BCUT2D eigenvalue weighted by molar-refractivity contribution is 6.16. The second-order valence-electron chi connectivity index (χ2n) is 9.84. The number of aromatic nitrogens is 4. The number of ether oxygens (including phenoxy) is 1. The molecule has 1 fully saturated rings. The van der Waals surface area contributed by atoms with E-state index in [1.807, 2.05) is 32.0 Å². The van der Waals surface area contributed by atoms with Crippen LogP contribution in [0.4, 0.5) is 16.0 Å². The number of hydrogen-bond acceptors (Lipinski definition) is 8. The number of fused-ring (bicyclic) bond motifs is 1. The molecule has 0 aliphatic heterocycles. The van der Waals surface area contributed by atoms with E-state index < -0.39 is 11.9 Å². The van der Waals surface area contributed by atoms with Gasteiger partial charge in [-0.2, -0.15) is 0 Å². The molecule has 1 aliphatic carbocycles. The predicted molar refractivity (Wildman–Crippen MR) is 151 cm³/mol. The van der Waals surface area contributed by atoms with Crippen molar-refractivity contribution in [3.8, 4) is 5.75 Å². The Morgan fingerprint density at radius 3 is 2.62 bits per heavy atom. The molecule has 10 heteroatoms. The fourth-order valence-electron chi connectivity index (χ4n) is 5.41. The van der Waals surface area contributed by atoms with Crippen LogP contribution in [0.25, 0.3) is 10.9 Å². The Hall–Kier alpha value is -4.34. The van der Waals surface area contributed by atoms with E-state index in [1.54, 1.807) is 30.9 Å². The first-order valence-corrected chi connectivity index (χ1v) is 13.1. The number of nitrogens with zero attached hydrogens (tertiary/aromatic N) is 4. The van der Waals surface area contributed by atoms with Gasteiger partial charge in [0, 0.05) is 18.7 Å². The molecule has 4 aromatic rings. The second kappa shape index (κ2) is 10.8. The topological polar surface area (TPSA) is 118 Å². The van der Waals surface area contributed by atoms with Gasteiger partial charge in [0.05, 0.1) is 29.9 Å². The van der Waals surface area contributed by atoms with Gasteiger partial charge in [-0.3, -0.25) is 14.8 Å². The monoisotopic (exact) mass is 529 g/mol. The molecule has 1 unspecified atom stereocenters. The van der Waals surface area contributed by atoms with E-state index in [1.165, 1.54) is 12.4 Å². The summed E-state index contributed by atoms with van der Waals surface area (Å²) in [6, 6.07) is 9.53. The van der Waals surface area contributed by atoms with Gasteiger partial charge >= 0.3 is 0 Å². The highest BCUT2D eigenvalue weighted by atomic mass is 19.1. The van der Waals surface area contributed by atoms with Crippen molar-refractivity contribution in [2.75, 3.05) is 24.8 Å². The molecule has 202 valence electrons. The molecule has 9 nitrogen and oxygen atoms in total. The second-order valence-corrected chi connectivity index (χ2v) is 9.84. The third kappa shape index (κ3) is 4.82. The van der Waals surface area contributed by atoms with E-state index in [-0.39, 0.29) is 22.7 Å². The number of anilines is 2. The smallest absolute Gasteiger partial charge is 0.264 e. The summed E-state index contributed by atoms with van der Waals surface area (Å²) in [6.45, 7) is 3.82. The summed E-state index contributed by atoms with van der Waals surface area (Å²) in [4.78, 5) is 27.2. The molecule has 3 N–H and O–H groups in total. The Labute approximate surface area is 226 Å². The summed E-state index contributed by atoms with van der Waals surface area (Å²) >= 11 is 0. The van der Waals surface area contributed by atoms with Gasteiger partial charge < -0.3 is 15.4 Å². The van der Waals surface area contributed by atoms with Crippen molar-refractivity contribution in [1.82, 2.24) is 19.5 Å². The number of hydrogen-bond donors (Lipinski definition) is 3. The van der Waals surface area contributed by atoms with Crippen LogP contribution >= 0.6 is 0 Å². The maximum atomic E-state index is 14.7. The van der Waals surface area contributed by atoms with Crippen LogP contribution in [-0.2, 0) is 0 Å². The minimum absolute atomic E-state index is 0.0113. The summed E-state index contributed by atoms with van der Waals surface area (Å²) in [5, 5.41) is 15.5. The SMILES string of the molecule is CNc1ncnc(NC(C)c2nc3cccc(F)c3c(=O)n2C2CCCC2)c1C(=N)c1ccc(OC)c(C)c1. The van der Waals surface area contributed by atoms with Gasteiger partial charge in [-0.15, -0.1) is 0 Å². The lowest BCUT2D eigenvalue weighted by Crippen LogP contribution is -2.31. The highest BCUT2D eigenvalue weighted by Crippen LogP contribution is 2.33. The third-order valence-corrected chi connectivity index (χ3v) is 7.35. The van der Waals surface area contributed by atoms with Crippen molar-refractivity contribution >= 4 is 28.3 Å². The van der Waals surface area contributed by atoms with Crippen molar-refractivity contribution in [2.45, 2.75) is 51.6 Å². The van der Waals surface area contributed by atoms with Crippen LogP contribution in [0.3, 0.4) is 0 Å². The molecule has 0 spiro atoms. The van der Waals surface area contributed by atoms with Crippen molar-refractivity contribution in [3.63, 3.8) is 0 Å². The van der Waals surface area contributed by atoms with Gasteiger partial charge in [0.2, 0.25) is 0 Å². The van der Waals surface area contributed by atoms with Gasteiger partial charge in [0.25, 0.3) is 5.56 Å². The molecule has 0 bridgehead atoms. The molecule has 0 amide bonds. The molecule has 1 saturated carbocycles. The van der Waals surface area contributed by atoms with Crippen LogP contribution in [0.2, 0.25) is 0 Å². The minimum Gasteiger partial charge on any atom is -0.496 e. The quantitative estimate of drug-likeness (QED) is 0.262. The van der Waals surface area contributed by atoms with E-state index in [0.29, 0.717) is 34.1 Å². The minimum atomic E-state index is -0.566. The fraction of sp³-hybridized carbons (Fsp3) is 0.345. The van der Waals surface area contributed by atoms with E-state index in [0.717, 1.165) is 37.0 Å². The van der Waals surface area contributed by atoms with E-state index in [2.05, 4.69) is 20.6 Å². The number of rotatable bonds is 8. The lowest BCUT2D eigenvalue weighted by atomic mass is 10.0. The fourth-order valence-corrected chi connectivity index (χ4v) is 5.41. The van der Waals surface area contributed by atoms with Gasteiger partial charge in [0.15, 0.2) is 0 Å². The first kappa shape index (κ1) is 26.3. The van der Waals surface area contributed by atoms with Crippen molar-refractivity contribution in [2.24, 2.45) is 0 Å². The molecule has 5 rings (SSSR count). The maximum Gasteiger partial charge on any atom is 0.264 e. The van der Waals surface area contributed by atoms with Crippen LogP contribution in [-0.4, -0.2) is 39.4 Å². The van der Waals surface area contributed by atoms with E-state index >= 15 is 0 Å². The van der Waals surface area contributed by atoms with Gasteiger partial charge in [-0.25, -0.2) is 19.3 Å². The van der Waals surface area contributed by atoms with Gasteiger partial charge in [-0.05, 0) is 62.6 Å². The number of halogens is 1. The Morgan fingerprint density at radius 2 is 1.92 bits per heavy atom. The number of aryl methyl sites for hydroxylation is 1.